The van der Waals surface area contributed by atoms with Gasteiger partial charge in [-0.1, -0.05) is 26.0 Å². The standard InChI is InChI=1S/C23H24N2O4S/c1-12-10-16-17(11-13(12)2)29-21-18(20(16)26)19(14-4-6-15(28-3)7-5-14)25(22(21)27)23-24-8-9-30-23/h4-9,12-13,16-17,19H,10-11H2,1-3H3. The van der Waals surface area contributed by atoms with Crippen molar-refractivity contribution in [2.24, 2.45) is 17.8 Å². The molecule has 6 nitrogen and oxygen atoms in total. The van der Waals surface area contributed by atoms with Crippen molar-refractivity contribution in [1.82, 2.24) is 4.98 Å². The number of benzene rings is 1. The molecule has 2 aromatic rings. The summed E-state index contributed by atoms with van der Waals surface area (Å²) >= 11 is 1.38. The summed E-state index contributed by atoms with van der Waals surface area (Å²) in [6.07, 6.45) is 3.04. The van der Waals surface area contributed by atoms with Crippen LogP contribution in [0.25, 0.3) is 0 Å². The number of fused-ring (bicyclic) bond motifs is 1. The van der Waals surface area contributed by atoms with Crippen LogP contribution >= 0.6 is 11.3 Å². The molecule has 1 aliphatic carbocycles. The molecule has 1 saturated carbocycles. The van der Waals surface area contributed by atoms with Crippen molar-refractivity contribution in [2.45, 2.75) is 38.8 Å². The zero-order valence-electron chi connectivity index (χ0n) is 17.2. The molecule has 1 aromatic carbocycles. The maximum atomic E-state index is 13.7. The predicted molar refractivity (Wildman–Crippen MR) is 113 cm³/mol. The molecular weight excluding hydrogens is 400 g/mol. The highest BCUT2D eigenvalue weighted by Crippen LogP contribution is 2.50. The van der Waals surface area contributed by atoms with Gasteiger partial charge < -0.3 is 9.47 Å². The first-order valence-electron chi connectivity index (χ1n) is 10.3. The molecule has 5 atom stereocenters. The highest BCUT2D eigenvalue weighted by molar-refractivity contribution is 7.13. The number of nitrogens with zero attached hydrogens (tertiary/aromatic N) is 2. The number of hydrogen-bond acceptors (Lipinski definition) is 6. The summed E-state index contributed by atoms with van der Waals surface area (Å²) in [7, 11) is 1.61. The summed E-state index contributed by atoms with van der Waals surface area (Å²) in [5, 5.41) is 2.40. The third-order valence-electron chi connectivity index (χ3n) is 6.77. The fraction of sp³-hybridized carbons (Fsp3) is 0.435. The molecule has 1 amide bonds. The van der Waals surface area contributed by atoms with Gasteiger partial charge in [0.25, 0.3) is 5.91 Å². The molecule has 3 heterocycles. The molecular formula is C23H24N2O4S. The number of rotatable bonds is 3. The molecule has 0 saturated heterocycles. The zero-order valence-corrected chi connectivity index (χ0v) is 18.0. The first kappa shape index (κ1) is 19.3. The van der Waals surface area contributed by atoms with Crippen LogP contribution in [0, 0.1) is 17.8 Å². The fourth-order valence-corrected chi connectivity index (χ4v) is 5.56. The second-order valence-corrected chi connectivity index (χ2v) is 9.33. The van der Waals surface area contributed by atoms with Gasteiger partial charge in [-0.05, 0) is 42.4 Å². The SMILES string of the molecule is COc1ccc(C2C3=C(OC4CC(C)C(C)CC4C3=O)C(=O)N2c2nccs2)cc1. The highest BCUT2D eigenvalue weighted by Gasteiger charge is 2.54. The molecule has 1 aromatic heterocycles. The molecule has 7 heteroatoms. The van der Waals surface area contributed by atoms with Crippen LogP contribution in [0.1, 0.15) is 38.3 Å². The lowest BCUT2D eigenvalue weighted by atomic mass is 9.70. The fourth-order valence-electron chi connectivity index (χ4n) is 4.89. The molecule has 5 rings (SSSR count). The summed E-state index contributed by atoms with van der Waals surface area (Å²) in [4.78, 5) is 33.1. The average Bonchev–Trinajstić information content (AvgIpc) is 3.37. The Hall–Kier alpha value is -2.67. The van der Waals surface area contributed by atoms with E-state index in [1.54, 1.807) is 18.2 Å². The molecule has 2 aliphatic heterocycles. The number of Topliss-reactive ketones (excluding diaryl/α,β-unsaturated/α-hetero) is 1. The van der Waals surface area contributed by atoms with Gasteiger partial charge in [0.05, 0.1) is 24.6 Å². The number of carbonyl (C=O) groups is 2. The van der Waals surface area contributed by atoms with Gasteiger partial charge in [-0.3, -0.25) is 14.5 Å². The van der Waals surface area contributed by atoms with Gasteiger partial charge in [-0.2, -0.15) is 0 Å². The molecule has 1 fully saturated rings. The molecule has 0 spiro atoms. The van der Waals surface area contributed by atoms with Crippen molar-refractivity contribution in [3.8, 4) is 5.75 Å². The molecule has 3 aliphatic rings. The van der Waals surface area contributed by atoms with Crippen LogP contribution in [0.15, 0.2) is 47.2 Å². The van der Waals surface area contributed by atoms with Gasteiger partial charge in [-0.15, -0.1) is 11.3 Å². The van der Waals surface area contributed by atoms with Crippen LogP contribution in [0.2, 0.25) is 0 Å². The Kier molecular flexibility index (Phi) is 4.65. The van der Waals surface area contributed by atoms with Gasteiger partial charge in [0, 0.05) is 11.6 Å². The topological polar surface area (TPSA) is 68.7 Å². The van der Waals surface area contributed by atoms with E-state index in [0.29, 0.717) is 22.5 Å². The van der Waals surface area contributed by atoms with E-state index in [4.69, 9.17) is 9.47 Å². The molecule has 0 radical (unpaired) electrons. The van der Waals surface area contributed by atoms with E-state index in [-0.39, 0.29) is 29.5 Å². The van der Waals surface area contributed by atoms with Crippen LogP contribution in [-0.2, 0) is 14.3 Å². The zero-order chi connectivity index (χ0) is 21.0. The smallest absolute Gasteiger partial charge is 0.296 e. The minimum absolute atomic E-state index is 0.0493. The van der Waals surface area contributed by atoms with Gasteiger partial charge in [0.2, 0.25) is 0 Å². The summed E-state index contributed by atoms with van der Waals surface area (Å²) in [6.45, 7) is 4.39. The lowest BCUT2D eigenvalue weighted by molar-refractivity contribution is -0.134. The summed E-state index contributed by atoms with van der Waals surface area (Å²) in [6, 6.07) is 6.96. The molecule has 5 unspecified atom stereocenters. The highest BCUT2D eigenvalue weighted by atomic mass is 32.1. The lowest BCUT2D eigenvalue weighted by Crippen LogP contribution is -2.43. The normalized spacial score (nSPS) is 30.8. The number of ether oxygens (including phenoxy) is 2. The van der Waals surface area contributed by atoms with Crippen LogP contribution in [0.5, 0.6) is 5.75 Å². The van der Waals surface area contributed by atoms with Crippen LogP contribution in [0.4, 0.5) is 5.13 Å². The van der Waals surface area contributed by atoms with Crippen molar-refractivity contribution in [3.05, 3.63) is 52.7 Å². The largest absolute Gasteiger partial charge is 0.497 e. The minimum Gasteiger partial charge on any atom is -0.497 e. The number of methoxy groups -OCH3 is 1. The van der Waals surface area contributed by atoms with E-state index in [1.165, 1.54) is 11.3 Å². The van der Waals surface area contributed by atoms with Crippen molar-refractivity contribution in [1.29, 1.82) is 0 Å². The van der Waals surface area contributed by atoms with Crippen LogP contribution < -0.4 is 9.64 Å². The Morgan fingerprint density at radius 2 is 1.87 bits per heavy atom. The number of thiazole rings is 1. The summed E-state index contributed by atoms with van der Waals surface area (Å²) in [5.74, 6) is 1.42. The number of anilines is 1. The first-order valence-corrected chi connectivity index (χ1v) is 11.2. The van der Waals surface area contributed by atoms with E-state index in [9.17, 15) is 9.59 Å². The summed E-state index contributed by atoms with van der Waals surface area (Å²) < 4.78 is 11.5. The number of carbonyl (C=O) groups excluding carboxylic acids is 2. The van der Waals surface area contributed by atoms with E-state index >= 15 is 0 Å². The van der Waals surface area contributed by atoms with Crippen molar-refractivity contribution < 1.29 is 19.1 Å². The number of hydrogen-bond donors (Lipinski definition) is 0. The maximum Gasteiger partial charge on any atom is 0.296 e. The van der Waals surface area contributed by atoms with Crippen LogP contribution in [0.3, 0.4) is 0 Å². The van der Waals surface area contributed by atoms with Gasteiger partial charge in [0.1, 0.15) is 11.9 Å². The van der Waals surface area contributed by atoms with Gasteiger partial charge in [0.15, 0.2) is 16.7 Å². The molecule has 0 N–H and O–H groups in total. The predicted octanol–water partition coefficient (Wildman–Crippen LogP) is 4.14. The Bertz CT molecular complexity index is 1010. The van der Waals surface area contributed by atoms with Crippen molar-refractivity contribution in [2.75, 3.05) is 12.0 Å². The quantitative estimate of drug-likeness (QED) is 0.741. The average molecular weight is 425 g/mol. The van der Waals surface area contributed by atoms with E-state index in [0.717, 1.165) is 24.2 Å². The Labute approximate surface area is 179 Å². The summed E-state index contributed by atoms with van der Waals surface area (Å²) in [5.41, 5.74) is 1.32. The minimum atomic E-state index is -0.535. The van der Waals surface area contributed by atoms with Crippen molar-refractivity contribution in [3.63, 3.8) is 0 Å². The number of ketones is 1. The third kappa shape index (κ3) is 2.87. The molecule has 0 bridgehead atoms. The number of amides is 1. The Morgan fingerprint density at radius 3 is 2.53 bits per heavy atom. The van der Waals surface area contributed by atoms with E-state index in [2.05, 4.69) is 18.8 Å². The second kappa shape index (κ2) is 7.23. The number of aromatic nitrogens is 1. The van der Waals surface area contributed by atoms with E-state index < -0.39 is 6.04 Å². The van der Waals surface area contributed by atoms with Gasteiger partial charge >= 0.3 is 0 Å². The first-order chi connectivity index (χ1) is 14.5. The second-order valence-electron chi connectivity index (χ2n) is 8.46. The lowest BCUT2D eigenvalue weighted by Gasteiger charge is -2.40. The van der Waals surface area contributed by atoms with Gasteiger partial charge in [-0.25, -0.2) is 4.98 Å². The monoisotopic (exact) mass is 424 g/mol. The Morgan fingerprint density at radius 1 is 1.13 bits per heavy atom. The van der Waals surface area contributed by atoms with Crippen molar-refractivity contribution >= 4 is 28.2 Å². The third-order valence-corrected chi connectivity index (χ3v) is 7.54. The van der Waals surface area contributed by atoms with E-state index in [1.807, 2.05) is 29.6 Å². The molecule has 156 valence electrons. The Balaban J connectivity index is 1.61. The maximum absolute atomic E-state index is 13.7. The van der Waals surface area contributed by atoms with Crippen LogP contribution in [-0.4, -0.2) is 29.9 Å². The molecule has 30 heavy (non-hydrogen) atoms.